The number of nitrogens with two attached hydrogens (primary N) is 1. The zero-order valence-corrected chi connectivity index (χ0v) is 7.15. The van der Waals surface area contributed by atoms with Gasteiger partial charge >= 0.3 is 0 Å². The van der Waals surface area contributed by atoms with Crippen molar-refractivity contribution in [3.05, 3.63) is 23.9 Å². The van der Waals surface area contributed by atoms with E-state index in [0.29, 0.717) is 11.3 Å². The summed E-state index contributed by atoms with van der Waals surface area (Å²) in [7, 11) is 1.84. The number of anilines is 1. The molecule has 0 saturated carbocycles. The predicted molar refractivity (Wildman–Crippen MR) is 49.8 cm³/mol. The van der Waals surface area contributed by atoms with Gasteiger partial charge in [0.25, 0.3) is 0 Å². The Morgan fingerprint density at radius 3 is 3.00 bits per heavy atom. The van der Waals surface area contributed by atoms with Crippen LogP contribution < -0.4 is 5.73 Å². The number of hydrogen-bond acceptors (Lipinski definition) is 3. The van der Waals surface area contributed by atoms with Crippen molar-refractivity contribution in [2.24, 2.45) is 7.05 Å². The highest BCUT2D eigenvalue weighted by molar-refractivity contribution is 5.84. The van der Waals surface area contributed by atoms with Crippen molar-refractivity contribution in [2.75, 3.05) is 5.73 Å². The molecule has 0 aliphatic rings. The molecule has 0 aliphatic heterocycles. The molecule has 0 atom stereocenters. The topological polar surface area (TPSA) is 67.6 Å². The highest BCUT2D eigenvalue weighted by atomic mass is 15.2. The molecule has 0 fully saturated rings. The van der Waals surface area contributed by atoms with Gasteiger partial charge in [-0.15, -0.1) is 0 Å². The summed E-state index contributed by atoms with van der Waals surface area (Å²) >= 11 is 0. The van der Waals surface area contributed by atoms with Gasteiger partial charge in [0.05, 0.1) is 23.0 Å². The lowest BCUT2D eigenvalue weighted by molar-refractivity contribution is 0.797. The minimum atomic E-state index is 0.499. The second-order valence-corrected chi connectivity index (χ2v) is 2.88. The number of fused-ring (bicyclic) bond motifs is 1. The average molecular weight is 172 g/mol. The first kappa shape index (κ1) is 7.62. The summed E-state index contributed by atoms with van der Waals surface area (Å²) in [5, 5.41) is 13.7. The lowest BCUT2D eigenvalue weighted by Gasteiger charge is -1.98. The van der Waals surface area contributed by atoms with E-state index < -0.39 is 0 Å². The fourth-order valence-corrected chi connectivity index (χ4v) is 1.31. The van der Waals surface area contributed by atoms with Gasteiger partial charge in [0, 0.05) is 12.4 Å². The van der Waals surface area contributed by atoms with E-state index in [-0.39, 0.29) is 0 Å². The van der Waals surface area contributed by atoms with Crippen LogP contribution >= 0.6 is 0 Å². The molecular weight excluding hydrogens is 164 g/mol. The highest BCUT2D eigenvalue weighted by Gasteiger charge is 2.04. The van der Waals surface area contributed by atoms with Crippen LogP contribution in [0.1, 0.15) is 5.56 Å². The maximum absolute atomic E-state index is 8.73. The number of nitriles is 1. The molecular formula is C9H8N4. The summed E-state index contributed by atoms with van der Waals surface area (Å²) in [6, 6.07) is 5.55. The summed E-state index contributed by atoms with van der Waals surface area (Å²) in [4.78, 5) is 0. The zero-order chi connectivity index (χ0) is 9.42. The van der Waals surface area contributed by atoms with E-state index in [1.807, 2.05) is 13.1 Å². The molecule has 13 heavy (non-hydrogen) atoms. The normalized spacial score (nSPS) is 10.2. The molecule has 0 bridgehead atoms. The Kier molecular flexibility index (Phi) is 1.46. The largest absolute Gasteiger partial charge is 0.398 e. The van der Waals surface area contributed by atoms with Crippen molar-refractivity contribution < 1.29 is 0 Å². The molecule has 0 saturated heterocycles. The van der Waals surface area contributed by atoms with Gasteiger partial charge in [0.2, 0.25) is 0 Å². The first-order valence-electron chi connectivity index (χ1n) is 3.83. The Labute approximate surface area is 75.2 Å². The Bertz CT molecular complexity index is 504. The molecule has 1 aromatic heterocycles. The second-order valence-electron chi connectivity index (χ2n) is 2.88. The van der Waals surface area contributed by atoms with E-state index in [9.17, 15) is 0 Å². The van der Waals surface area contributed by atoms with Gasteiger partial charge in [-0.25, -0.2) is 0 Å². The van der Waals surface area contributed by atoms with Crippen molar-refractivity contribution >= 4 is 16.6 Å². The predicted octanol–water partition coefficient (Wildman–Crippen LogP) is 1.03. The Morgan fingerprint density at radius 2 is 2.31 bits per heavy atom. The van der Waals surface area contributed by atoms with Crippen molar-refractivity contribution in [3.63, 3.8) is 0 Å². The quantitative estimate of drug-likeness (QED) is 0.603. The maximum atomic E-state index is 8.73. The van der Waals surface area contributed by atoms with Crippen LogP contribution in [-0.4, -0.2) is 9.78 Å². The Balaban J connectivity index is 2.85. The van der Waals surface area contributed by atoms with Crippen LogP contribution in [0.15, 0.2) is 18.3 Å². The number of hydrogen-bond donors (Lipinski definition) is 1. The molecule has 1 aromatic carbocycles. The molecule has 4 heteroatoms. The van der Waals surface area contributed by atoms with Crippen molar-refractivity contribution in [1.82, 2.24) is 9.78 Å². The smallest absolute Gasteiger partial charge is 0.101 e. The number of aromatic nitrogens is 2. The van der Waals surface area contributed by atoms with Gasteiger partial charge in [0.1, 0.15) is 6.07 Å². The van der Waals surface area contributed by atoms with E-state index in [1.165, 1.54) is 0 Å². The monoisotopic (exact) mass is 172 g/mol. The molecule has 0 spiro atoms. The number of rotatable bonds is 0. The van der Waals surface area contributed by atoms with Gasteiger partial charge in [-0.2, -0.15) is 10.4 Å². The highest BCUT2D eigenvalue weighted by Crippen LogP contribution is 2.20. The summed E-state index contributed by atoms with van der Waals surface area (Å²) in [5.74, 6) is 0. The fourth-order valence-electron chi connectivity index (χ4n) is 1.31. The Morgan fingerprint density at radius 1 is 1.54 bits per heavy atom. The molecule has 2 rings (SSSR count). The van der Waals surface area contributed by atoms with E-state index >= 15 is 0 Å². The maximum Gasteiger partial charge on any atom is 0.101 e. The summed E-state index contributed by atoms with van der Waals surface area (Å²) in [6.45, 7) is 0. The van der Waals surface area contributed by atoms with E-state index in [0.717, 1.165) is 10.9 Å². The lowest BCUT2D eigenvalue weighted by Crippen LogP contribution is -1.93. The van der Waals surface area contributed by atoms with Gasteiger partial charge < -0.3 is 5.73 Å². The summed E-state index contributed by atoms with van der Waals surface area (Å²) in [6.07, 6.45) is 1.72. The van der Waals surface area contributed by atoms with Crippen LogP contribution in [0.2, 0.25) is 0 Å². The zero-order valence-electron chi connectivity index (χ0n) is 7.15. The first-order chi connectivity index (χ1) is 6.22. The van der Waals surface area contributed by atoms with Crippen molar-refractivity contribution in [1.29, 1.82) is 5.26 Å². The van der Waals surface area contributed by atoms with E-state index in [2.05, 4.69) is 5.10 Å². The van der Waals surface area contributed by atoms with Gasteiger partial charge in [-0.05, 0) is 12.1 Å². The number of aryl methyl sites for hydroxylation is 1. The van der Waals surface area contributed by atoms with Crippen LogP contribution in [0.25, 0.3) is 10.9 Å². The third kappa shape index (κ3) is 1.02. The molecule has 2 N–H and O–H groups in total. The average Bonchev–Trinajstić information content (AvgIpc) is 2.47. The SMILES string of the molecule is Cn1ncc2cc(C#N)c(N)cc21. The fraction of sp³-hybridized carbons (Fsp3) is 0.111. The third-order valence-corrected chi connectivity index (χ3v) is 2.04. The number of nitrogen functional groups attached to an aromatic ring is 1. The first-order valence-corrected chi connectivity index (χ1v) is 3.83. The second kappa shape index (κ2) is 2.49. The minimum Gasteiger partial charge on any atom is -0.398 e. The number of nitrogens with zero attached hydrogens (tertiary/aromatic N) is 3. The van der Waals surface area contributed by atoms with Gasteiger partial charge in [-0.3, -0.25) is 4.68 Å². The Hall–Kier alpha value is -2.02. The van der Waals surface area contributed by atoms with Crippen LogP contribution in [0, 0.1) is 11.3 Å². The minimum absolute atomic E-state index is 0.499. The molecule has 0 radical (unpaired) electrons. The van der Waals surface area contributed by atoms with Crippen molar-refractivity contribution in [3.8, 4) is 6.07 Å². The molecule has 0 amide bonds. The number of benzene rings is 1. The summed E-state index contributed by atoms with van der Waals surface area (Å²) in [5.41, 5.74) is 7.60. The van der Waals surface area contributed by atoms with Crippen LogP contribution in [0.5, 0.6) is 0 Å². The molecule has 0 unspecified atom stereocenters. The van der Waals surface area contributed by atoms with Crippen LogP contribution in [0.3, 0.4) is 0 Å². The standard InChI is InChI=1S/C9H8N4/c1-13-9-3-8(11)6(4-10)2-7(9)5-12-13/h2-3,5H,11H2,1H3. The van der Waals surface area contributed by atoms with Crippen molar-refractivity contribution in [2.45, 2.75) is 0 Å². The van der Waals surface area contributed by atoms with Gasteiger partial charge in [-0.1, -0.05) is 0 Å². The van der Waals surface area contributed by atoms with Crippen LogP contribution in [0.4, 0.5) is 5.69 Å². The third-order valence-electron chi connectivity index (χ3n) is 2.04. The molecule has 64 valence electrons. The van der Waals surface area contributed by atoms with E-state index in [1.54, 1.807) is 23.0 Å². The molecule has 4 nitrogen and oxygen atoms in total. The van der Waals surface area contributed by atoms with Gasteiger partial charge in [0.15, 0.2) is 0 Å². The molecule has 0 aliphatic carbocycles. The van der Waals surface area contributed by atoms with Crippen LogP contribution in [-0.2, 0) is 7.05 Å². The molecule has 2 aromatic rings. The lowest BCUT2D eigenvalue weighted by atomic mass is 10.1. The molecule has 1 heterocycles. The summed E-state index contributed by atoms with van der Waals surface area (Å²) < 4.78 is 1.73. The van der Waals surface area contributed by atoms with E-state index in [4.69, 9.17) is 11.0 Å².